The molecule has 0 unspecified atom stereocenters. The van der Waals surface area contributed by atoms with Crippen molar-refractivity contribution in [2.45, 2.75) is 20.4 Å². The molecule has 4 aromatic rings. The number of fused-ring (bicyclic) bond motifs is 1. The number of pyridine rings is 1. The van der Waals surface area contributed by atoms with Crippen LogP contribution in [0.5, 0.6) is 0 Å². The quantitative estimate of drug-likeness (QED) is 0.414. The largest absolute Gasteiger partial charge is 0.456 e. The van der Waals surface area contributed by atoms with Crippen molar-refractivity contribution in [2.24, 2.45) is 0 Å². The Hall–Kier alpha value is -3.07. The molecule has 1 N–H and O–H groups in total. The van der Waals surface area contributed by atoms with Gasteiger partial charge in [0, 0.05) is 23.5 Å². The lowest BCUT2D eigenvalue weighted by Gasteiger charge is -2.17. The molecule has 2 heterocycles. The van der Waals surface area contributed by atoms with Gasteiger partial charge in [-0.05, 0) is 38.1 Å². The number of hydrogen-bond donors (Lipinski definition) is 1. The lowest BCUT2D eigenvalue weighted by atomic mass is 10.1. The second kappa shape index (κ2) is 9.82. The number of benzene rings is 2. The van der Waals surface area contributed by atoms with Gasteiger partial charge in [0.15, 0.2) is 6.54 Å². The Morgan fingerprint density at radius 1 is 0.903 bits per heavy atom. The summed E-state index contributed by atoms with van der Waals surface area (Å²) in [4.78, 5) is 7.74. The van der Waals surface area contributed by atoms with Crippen molar-refractivity contribution in [2.75, 3.05) is 0 Å². The molecule has 0 aliphatic rings. The molecular formula is C23H21ClN2O5. The lowest BCUT2D eigenvalue weighted by molar-refractivity contribution is -2.00. The van der Waals surface area contributed by atoms with Crippen LogP contribution in [0.4, 0.5) is 0 Å². The summed E-state index contributed by atoms with van der Waals surface area (Å²) in [6.45, 7) is 4.90. The minimum atomic E-state index is -4.94. The van der Waals surface area contributed by atoms with Crippen molar-refractivity contribution in [3.63, 3.8) is 0 Å². The first-order valence-corrected chi connectivity index (χ1v) is 10.6. The van der Waals surface area contributed by atoms with Crippen LogP contribution < -0.4 is 29.0 Å². The van der Waals surface area contributed by atoms with Crippen molar-refractivity contribution in [3.05, 3.63) is 95.1 Å². The molecule has 0 radical (unpaired) electrons. The first-order chi connectivity index (χ1) is 14.7. The number of halogens is 1. The Bertz CT molecular complexity index is 1210. The highest BCUT2D eigenvalue weighted by Gasteiger charge is 2.09. The molecule has 0 saturated heterocycles. The monoisotopic (exact) mass is 440 g/mol. The fourth-order valence-corrected chi connectivity index (χ4v) is 3.01. The smallest absolute Gasteiger partial charge is 0.213 e. The van der Waals surface area contributed by atoms with E-state index in [2.05, 4.69) is 72.4 Å². The van der Waals surface area contributed by atoms with Crippen molar-refractivity contribution in [1.29, 1.82) is 0 Å². The van der Waals surface area contributed by atoms with Crippen LogP contribution in [-0.2, 0) is 6.54 Å². The maximum Gasteiger partial charge on any atom is 0.213 e. The molecule has 0 aliphatic heterocycles. The summed E-state index contributed by atoms with van der Waals surface area (Å²) >= 11 is 0. The normalized spacial score (nSPS) is 11.9. The molecule has 4 rings (SSSR count). The van der Waals surface area contributed by atoms with Crippen LogP contribution in [0, 0.1) is 24.1 Å². The van der Waals surface area contributed by atoms with Crippen molar-refractivity contribution < 1.29 is 38.3 Å². The molecule has 0 spiro atoms. The molecule has 0 atom stereocenters. The van der Waals surface area contributed by atoms with Crippen molar-refractivity contribution >= 4 is 11.0 Å². The average molecular weight is 441 g/mol. The van der Waals surface area contributed by atoms with Gasteiger partial charge < -0.3 is 4.42 Å². The van der Waals surface area contributed by atoms with Gasteiger partial charge in [0.25, 0.3) is 0 Å². The number of aryl methyl sites for hydroxylation is 2. The number of nitrogens with zero attached hydrogens (tertiary/aromatic N) is 1. The van der Waals surface area contributed by atoms with Gasteiger partial charge in [-0.3, -0.25) is 4.98 Å². The maximum atomic E-state index is 8.49. The third-order valence-corrected chi connectivity index (χ3v) is 4.46. The molecule has 0 amide bonds. The van der Waals surface area contributed by atoms with E-state index in [0.717, 1.165) is 33.2 Å². The molecule has 160 valence electrons. The minimum absolute atomic E-state index is 0.717. The second-order valence-electron chi connectivity index (χ2n) is 6.98. The fraction of sp³-hybridized carbons (Fsp3) is 0.130. The molecule has 0 fully saturated rings. The molecule has 7 nitrogen and oxygen atoms in total. The van der Waals surface area contributed by atoms with Gasteiger partial charge in [-0.2, -0.15) is 0 Å². The Balaban J connectivity index is 0.000000491. The number of rotatable bonds is 3. The lowest BCUT2D eigenvalue weighted by Crippen LogP contribution is -2.75. The molecule has 0 aliphatic carbocycles. The van der Waals surface area contributed by atoms with Crippen LogP contribution in [0.15, 0.2) is 77.5 Å². The number of hydrogen-bond acceptors (Lipinski definition) is 6. The van der Waals surface area contributed by atoms with E-state index in [4.69, 9.17) is 23.1 Å². The van der Waals surface area contributed by atoms with Crippen LogP contribution in [0.1, 0.15) is 16.7 Å². The summed E-state index contributed by atoms with van der Waals surface area (Å²) in [5.74, 6) is 0.857. The van der Waals surface area contributed by atoms with E-state index in [0.29, 0.717) is 6.54 Å². The number of nitrogens with one attached hydrogen (secondary N) is 1. The predicted molar refractivity (Wildman–Crippen MR) is 103 cm³/mol. The molecule has 0 saturated carbocycles. The maximum absolute atomic E-state index is 8.49. The Morgan fingerprint density at radius 2 is 1.58 bits per heavy atom. The van der Waals surface area contributed by atoms with Crippen LogP contribution in [0.2, 0.25) is 0 Å². The zero-order valence-electron chi connectivity index (χ0n) is 17.0. The third kappa shape index (κ3) is 6.99. The molecule has 2 aromatic carbocycles. The summed E-state index contributed by atoms with van der Waals surface area (Å²) in [5.41, 5.74) is 5.54. The minimum Gasteiger partial charge on any atom is -0.456 e. The zero-order chi connectivity index (χ0) is 22.4. The molecule has 2 aromatic heterocycles. The van der Waals surface area contributed by atoms with Gasteiger partial charge in [-0.25, -0.2) is 23.6 Å². The summed E-state index contributed by atoms with van der Waals surface area (Å²) < 4.78 is 40.2. The topological polar surface area (TPSA) is 132 Å². The zero-order valence-corrected chi connectivity index (χ0v) is 17.8. The van der Waals surface area contributed by atoms with Crippen molar-refractivity contribution in [1.82, 2.24) is 4.98 Å². The molecular weight excluding hydrogens is 420 g/mol. The standard InChI is InChI=1S/C23H20N2O.ClHO4/c1-16-5-8-19(9-6-16)23-13-21(25-15-18-4-3-11-24-14-18)20-12-17(2)7-10-22(20)26-23;2-1(3,4)5/h3-14H,15H2,1-2H3;(H,2,3,4,5). The fourth-order valence-electron chi connectivity index (χ4n) is 3.01. The van der Waals surface area contributed by atoms with Crippen molar-refractivity contribution in [3.8, 4) is 11.3 Å². The summed E-state index contributed by atoms with van der Waals surface area (Å²) in [7, 11) is -4.94. The number of aromatic nitrogens is 1. The van der Waals surface area contributed by atoms with E-state index in [9.17, 15) is 0 Å². The van der Waals surface area contributed by atoms with Crippen LogP contribution in [0.3, 0.4) is 0 Å². The van der Waals surface area contributed by atoms with E-state index in [1.54, 1.807) is 6.20 Å². The van der Waals surface area contributed by atoms with Gasteiger partial charge in [0.05, 0.1) is 11.5 Å². The highest BCUT2D eigenvalue weighted by molar-refractivity contribution is 5.78. The highest BCUT2D eigenvalue weighted by Crippen LogP contribution is 2.22. The Kier molecular flexibility index (Phi) is 7.17. The third-order valence-electron chi connectivity index (χ3n) is 4.46. The van der Waals surface area contributed by atoms with Gasteiger partial charge in [0.1, 0.15) is 11.3 Å². The van der Waals surface area contributed by atoms with E-state index in [-0.39, 0.29) is 0 Å². The van der Waals surface area contributed by atoms with Gasteiger partial charge >= 0.3 is 0 Å². The van der Waals surface area contributed by atoms with Gasteiger partial charge in [-0.1, -0.05) is 41.5 Å². The molecule has 0 bridgehead atoms. The van der Waals surface area contributed by atoms with Crippen LogP contribution >= 0.6 is 0 Å². The highest BCUT2D eigenvalue weighted by atomic mass is 35.7. The SMILES string of the molecule is Cc1ccc(-c2cc(=[NH+]Cc3cccnc3)c3cc(C)ccc3o2)cc1.[O-][Cl+3]([O-])([O-])[O-]. The van der Waals surface area contributed by atoms with Gasteiger partial charge in [-0.15, -0.1) is 10.2 Å². The molecule has 8 heteroatoms. The Labute approximate surface area is 181 Å². The van der Waals surface area contributed by atoms with E-state index >= 15 is 0 Å². The Morgan fingerprint density at radius 3 is 2.23 bits per heavy atom. The summed E-state index contributed by atoms with van der Waals surface area (Å²) in [6, 6.07) is 20.8. The predicted octanol–water partition coefficient (Wildman–Crippen LogP) is -1.46. The van der Waals surface area contributed by atoms with Crippen LogP contribution in [0.25, 0.3) is 22.3 Å². The first kappa shape index (κ1) is 22.6. The van der Waals surface area contributed by atoms with E-state index in [1.165, 1.54) is 11.1 Å². The second-order valence-corrected chi connectivity index (χ2v) is 7.74. The average Bonchev–Trinajstić information content (AvgIpc) is 2.72. The van der Waals surface area contributed by atoms with E-state index < -0.39 is 10.2 Å². The van der Waals surface area contributed by atoms with Crippen LogP contribution in [-0.4, -0.2) is 4.98 Å². The van der Waals surface area contributed by atoms with E-state index in [1.807, 2.05) is 18.3 Å². The summed E-state index contributed by atoms with van der Waals surface area (Å²) in [6.07, 6.45) is 3.67. The van der Waals surface area contributed by atoms with Gasteiger partial charge in [0.2, 0.25) is 5.36 Å². The first-order valence-electron chi connectivity index (χ1n) is 9.38. The summed E-state index contributed by atoms with van der Waals surface area (Å²) in [5, 5.41) is 2.15. The molecule has 31 heavy (non-hydrogen) atoms.